The molecule has 0 radical (unpaired) electrons. The molecule has 7 heteroatoms. The van der Waals surface area contributed by atoms with Crippen LogP contribution in [0.15, 0.2) is 18.5 Å². The van der Waals surface area contributed by atoms with Gasteiger partial charge in [-0.05, 0) is 26.3 Å². The monoisotopic (exact) mass is 347 g/mol. The zero-order chi connectivity index (χ0) is 18.0. The molecule has 25 heavy (non-hydrogen) atoms. The minimum atomic E-state index is -0.561. The van der Waals surface area contributed by atoms with Crippen molar-refractivity contribution in [3.8, 4) is 5.75 Å². The van der Waals surface area contributed by atoms with E-state index in [9.17, 15) is 9.59 Å². The molecule has 0 aliphatic carbocycles. The van der Waals surface area contributed by atoms with Gasteiger partial charge in [-0.2, -0.15) is 0 Å². The maximum absolute atomic E-state index is 13.1. The van der Waals surface area contributed by atoms with E-state index in [4.69, 9.17) is 9.47 Å². The average molecular weight is 347 g/mol. The van der Waals surface area contributed by atoms with E-state index in [0.717, 1.165) is 0 Å². The van der Waals surface area contributed by atoms with E-state index in [1.54, 1.807) is 30.4 Å². The molecule has 0 bridgehead atoms. The fraction of sp³-hybridized carbons (Fsp3) is 0.611. The molecule has 2 aliphatic heterocycles. The molecule has 0 saturated carbocycles. The highest BCUT2D eigenvalue weighted by molar-refractivity contribution is 5.97. The molecule has 1 N–H and O–H groups in total. The van der Waals surface area contributed by atoms with Gasteiger partial charge in [-0.1, -0.05) is 0 Å². The first-order valence-electron chi connectivity index (χ1n) is 8.68. The smallest absolute Gasteiger partial charge is 0.257 e. The van der Waals surface area contributed by atoms with Crippen molar-refractivity contribution in [1.82, 2.24) is 15.2 Å². The fourth-order valence-electron chi connectivity index (χ4n) is 3.80. The van der Waals surface area contributed by atoms with Crippen LogP contribution in [0.2, 0.25) is 0 Å². The van der Waals surface area contributed by atoms with E-state index in [1.165, 1.54) is 0 Å². The Labute approximate surface area is 147 Å². The number of amides is 2. The van der Waals surface area contributed by atoms with E-state index >= 15 is 0 Å². The zero-order valence-electron chi connectivity index (χ0n) is 14.9. The number of ether oxygens (including phenoxy) is 2. The minimum absolute atomic E-state index is 0.00974. The van der Waals surface area contributed by atoms with Gasteiger partial charge in [0.25, 0.3) is 5.91 Å². The van der Waals surface area contributed by atoms with Crippen molar-refractivity contribution in [3.05, 3.63) is 24.0 Å². The van der Waals surface area contributed by atoms with Crippen molar-refractivity contribution in [2.45, 2.75) is 26.4 Å². The van der Waals surface area contributed by atoms with Crippen LogP contribution in [0.4, 0.5) is 0 Å². The van der Waals surface area contributed by atoms with Crippen molar-refractivity contribution < 1.29 is 19.1 Å². The first kappa shape index (κ1) is 17.7. The third-order valence-corrected chi connectivity index (χ3v) is 5.05. The lowest BCUT2D eigenvalue weighted by molar-refractivity contribution is -0.138. The highest BCUT2D eigenvalue weighted by Crippen LogP contribution is 2.43. The Morgan fingerprint density at radius 1 is 1.48 bits per heavy atom. The number of aromatic nitrogens is 1. The molecular weight excluding hydrogens is 322 g/mol. The Hall–Kier alpha value is -2.15. The Morgan fingerprint density at radius 2 is 2.28 bits per heavy atom. The molecule has 0 spiro atoms. The van der Waals surface area contributed by atoms with Crippen LogP contribution in [0.25, 0.3) is 0 Å². The number of nitrogens with zero attached hydrogens (tertiary/aromatic N) is 2. The van der Waals surface area contributed by atoms with Crippen molar-refractivity contribution in [3.63, 3.8) is 0 Å². The lowest BCUT2D eigenvalue weighted by Gasteiger charge is -2.36. The SMILES string of the molecule is CNC(=O)[C@]12CCOC[C@H]1CN(C(=O)c1ccncc1OC(C)C)C2. The molecule has 0 unspecified atom stereocenters. The number of fused-ring (bicyclic) bond motifs is 1. The van der Waals surface area contributed by atoms with E-state index in [1.807, 2.05) is 13.8 Å². The van der Waals surface area contributed by atoms with Gasteiger partial charge in [0.05, 0.1) is 29.9 Å². The molecular formula is C18H25N3O4. The molecule has 136 valence electrons. The lowest BCUT2D eigenvalue weighted by atomic mass is 9.73. The summed E-state index contributed by atoms with van der Waals surface area (Å²) in [4.78, 5) is 31.4. The highest BCUT2D eigenvalue weighted by Gasteiger charge is 2.54. The summed E-state index contributed by atoms with van der Waals surface area (Å²) in [6.45, 7) is 5.78. The van der Waals surface area contributed by atoms with Crippen LogP contribution < -0.4 is 10.1 Å². The van der Waals surface area contributed by atoms with Gasteiger partial charge >= 0.3 is 0 Å². The Balaban J connectivity index is 1.86. The van der Waals surface area contributed by atoms with Gasteiger partial charge in [0.1, 0.15) is 0 Å². The molecule has 2 saturated heterocycles. The molecule has 1 aromatic heterocycles. The van der Waals surface area contributed by atoms with Crippen LogP contribution in [0, 0.1) is 11.3 Å². The van der Waals surface area contributed by atoms with E-state index in [2.05, 4.69) is 10.3 Å². The van der Waals surface area contributed by atoms with Crippen molar-refractivity contribution in [1.29, 1.82) is 0 Å². The molecule has 2 fully saturated rings. The third-order valence-electron chi connectivity index (χ3n) is 5.05. The van der Waals surface area contributed by atoms with Gasteiger partial charge in [0.15, 0.2) is 5.75 Å². The first-order chi connectivity index (χ1) is 12.0. The van der Waals surface area contributed by atoms with Crippen molar-refractivity contribution in [2.24, 2.45) is 11.3 Å². The lowest BCUT2D eigenvalue weighted by Crippen LogP contribution is -2.49. The second kappa shape index (κ2) is 7.00. The molecule has 1 aromatic rings. The maximum atomic E-state index is 13.1. The summed E-state index contributed by atoms with van der Waals surface area (Å²) >= 11 is 0. The third kappa shape index (κ3) is 3.20. The summed E-state index contributed by atoms with van der Waals surface area (Å²) in [5.74, 6) is 0.351. The highest BCUT2D eigenvalue weighted by atomic mass is 16.5. The second-order valence-corrected chi connectivity index (χ2v) is 6.98. The first-order valence-corrected chi connectivity index (χ1v) is 8.68. The standard InChI is InChI=1S/C18H25N3O4/c1-12(2)25-15-8-20-6-4-14(15)16(22)21-9-13-10-24-7-5-18(13,11-21)17(23)19-3/h4,6,8,12-13H,5,7,9-11H2,1-3H3,(H,19,23)/t13-,18+/m1/s1. The largest absolute Gasteiger partial charge is 0.489 e. The summed E-state index contributed by atoms with van der Waals surface area (Å²) in [6, 6.07) is 1.67. The van der Waals surface area contributed by atoms with Crippen LogP contribution in [0.3, 0.4) is 0 Å². The summed E-state index contributed by atoms with van der Waals surface area (Å²) in [5, 5.41) is 2.77. The fourth-order valence-corrected chi connectivity index (χ4v) is 3.80. The molecule has 2 atom stereocenters. The summed E-state index contributed by atoms with van der Waals surface area (Å²) < 4.78 is 11.3. The number of carbonyl (C=O) groups excluding carboxylic acids is 2. The number of likely N-dealkylation sites (tertiary alicyclic amines) is 1. The van der Waals surface area contributed by atoms with Crippen LogP contribution in [0.5, 0.6) is 5.75 Å². The molecule has 3 rings (SSSR count). The maximum Gasteiger partial charge on any atom is 0.257 e. The van der Waals surface area contributed by atoms with Gasteiger partial charge in [0.2, 0.25) is 5.91 Å². The quantitative estimate of drug-likeness (QED) is 0.882. The summed E-state index contributed by atoms with van der Waals surface area (Å²) in [7, 11) is 1.64. The predicted octanol–water partition coefficient (Wildman–Crippen LogP) is 1.09. The second-order valence-electron chi connectivity index (χ2n) is 6.98. The van der Waals surface area contributed by atoms with Gasteiger partial charge in [-0.3, -0.25) is 14.6 Å². The number of hydrogen-bond donors (Lipinski definition) is 1. The number of pyridine rings is 1. The van der Waals surface area contributed by atoms with Crippen LogP contribution in [-0.4, -0.2) is 61.2 Å². The minimum Gasteiger partial charge on any atom is -0.489 e. The van der Waals surface area contributed by atoms with Crippen LogP contribution in [-0.2, 0) is 9.53 Å². The number of hydrogen-bond acceptors (Lipinski definition) is 5. The number of rotatable bonds is 4. The zero-order valence-corrected chi connectivity index (χ0v) is 14.9. The molecule has 0 aromatic carbocycles. The van der Waals surface area contributed by atoms with Gasteiger partial charge in [-0.25, -0.2) is 0 Å². The normalized spacial score (nSPS) is 25.6. The van der Waals surface area contributed by atoms with Gasteiger partial charge < -0.3 is 19.7 Å². The molecule has 3 heterocycles. The molecule has 2 aliphatic rings. The van der Waals surface area contributed by atoms with E-state index in [-0.39, 0.29) is 23.8 Å². The van der Waals surface area contributed by atoms with Crippen LogP contribution in [0.1, 0.15) is 30.6 Å². The van der Waals surface area contributed by atoms with Crippen molar-refractivity contribution in [2.75, 3.05) is 33.4 Å². The van der Waals surface area contributed by atoms with E-state index in [0.29, 0.717) is 44.0 Å². The molecule has 7 nitrogen and oxygen atoms in total. The van der Waals surface area contributed by atoms with Crippen LogP contribution >= 0.6 is 0 Å². The number of carbonyl (C=O) groups is 2. The average Bonchev–Trinajstić information content (AvgIpc) is 3.01. The van der Waals surface area contributed by atoms with E-state index < -0.39 is 5.41 Å². The summed E-state index contributed by atoms with van der Waals surface area (Å²) in [5.41, 5.74) is -0.0790. The predicted molar refractivity (Wildman–Crippen MR) is 91.3 cm³/mol. The van der Waals surface area contributed by atoms with Crippen molar-refractivity contribution >= 4 is 11.8 Å². The van der Waals surface area contributed by atoms with Gasteiger partial charge in [0, 0.05) is 38.9 Å². The Kier molecular flexibility index (Phi) is 4.94. The Bertz CT molecular complexity index is 663. The Morgan fingerprint density at radius 3 is 3.00 bits per heavy atom. The van der Waals surface area contributed by atoms with Gasteiger partial charge in [-0.15, -0.1) is 0 Å². The topological polar surface area (TPSA) is 80.8 Å². The number of nitrogens with one attached hydrogen (secondary N) is 1. The summed E-state index contributed by atoms with van der Waals surface area (Å²) in [6.07, 6.45) is 3.73. The molecule has 2 amide bonds.